The van der Waals surface area contributed by atoms with Crippen LogP contribution in [0.15, 0.2) is 12.1 Å². The number of aromatic nitrogens is 1. The van der Waals surface area contributed by atoms with Crippen molar-refractivity contribution in [2.24, 2.45) is 0 Å². The van der Waals surface area contributed by atoms with E-state index in [-0.39, 0.29) is 0 Å². The Labute approximate surface area is 120 Å². The second-order valence-electron chi connectivity index (χ2n) is 5.74. The second kappa shape index (κ2) is 5.68. The van der Waals surface area contributed by atoms with Gasteiger partial charge < -0.3 is 4.90 Å². The largest absolute Gasteiger partial charge is 0.354 e. The molecule has 2 aliphatic heterocycles. The molecule has 104 valence electrons. The van der Waals surface area contributed by atoms with Crippen LogP contribution in [0.1, 0.15) is 30.5 Å². The molecule has 0 N–H and O–H groups in total. The van der Waals surface area contributed by atoms with Gasteiger partial charge in [-0.1, -0.05) is 6.42 Å². The Morgan fingerprint density at radius 2 is 2.16 bits per heavy atom. The number of hydrogen-bond donors (Lipinski definition) is 0. The first-order valence-corrected chi connectivity index (χ1v) is 7.82. The van der Waals surface area contributed by atoms with Gasteiger partial charge in [0.05, 0.1) is 0 Å². The van der Waals surface area contributed by atoms with Crippen molar-refractivity contribution in [2.75, 3.05) is 31.1 Å². The number of hydrogen-bond acceptors (Lipinski definition) is 3. The molecule has 0 aromatic carbocycles. The van der Waals surface area contributed by atoms with Crippen molar-refractivity contribution in [2.45, 2.75) is 38.1 Å². The number of piperazine rings is 1. The Morgan fingerprint density at radius 3 is 3.00 bits per heavy atom. The third-order valence-electron chi connectivity index (χ3n) is 4.32. The van der Waals surface area contributed by atoms with E-state index >= 15 is 0 Å². The highest BCUT2D eigenvalue weighted by molar-refractivity contribution is 6.17. The summed E-state index contributed by atoms with van der Waals surface area (Å²) < 4.78 is 0. The quantitative estimate of drug-likeness (QED) is 0.776. The molecule has 0 saturated carbocycles. The van der Waals surface area contributed by atoms with Crippen molar-refractivity contribution >= 4 is 17.4 Å². The number of pyridine rings is 1. The van der Waals surface area contributed by atoms with Crippen molar-refractivity contribution in [3.05, 3.63) is 23.4 Å². The lowest BCUT2D eigenvalue weighted by Gasteiger charge is -2.44. The number of nitrogens with zero attached hydrogens (tertiary/aromatic N) is 3. The third-order valence-corrected chi connectivity index (χ3v) is 4.62. The molecule has 0 bridgehead atoms. The molecule has 0 spiro atoms. The molecule has 2 aliphatic rings. The summed E-state index contributed by atoms with van der Waals surface area (Å²) in [5.41, 5.74) is 2.24. The summed E-state index contributed by atoms with van der Waals surface area (Å²) in [6.45, 7) is 6.73. The van der Waals surface area contributed by atoms with E-state index in [9.17, 15) is 0 Å². The van der Waals surface area contributed by atoms with E-state index in [1.807, 2.05) is 0 Å². The molecule has 0 aliphatic carbocycles. The first-order valence-electron chi connectivity index (χ1n) is 7.29. The van der Waals surface area contributed by atoms with Crippen LogP contribution in [-0.4, -0.2) is 42.1 Å². The van der Waals surface area contributed by atoms with Gasteiger partial charge in [-0.25, -0.2) is 4.98 Å². The third kappa shape index (κ3) is 2.87. The van der Waals surface area contributed by atoms with Gasteiger partial charge in [-0.05, 0) is 44.0 Å². The molecule has 3 rings (SSSR count). The van der Waals surface area contributed by atoms with Crippen LogP contribution >= 0.6 is 11.6 Å². The van der Waals surface area contributed by atoms with Gasteiger partial charge in [0.15, 0.2) is 0 Å². The molecule has 0 amide bonds. The Bertz CT molecular complexity index is 449. The summed E-state index contributed by atoms with van der Waals surface area (Å²) in [5, 5.41) is 0. The molecule has 3 heterocycles. The van der Waals surface area contributed by atoms with Gasteiger partial charge in [-0.2, -0.15) is 0 Å². The maximum Gasteiger partial charge on any atom is 0.129 e. The molecule has 1 unspecified atom stereocenters. The Morgan fingerprint density at radius 1 is 1.26 bits per heavy atom. The van der Waals surface area contributed by atoms with Gasteiger partial charge >= 0.3 is 0 Å². The van der Waals surface area contributed by atoms with Crippen molar-refractivity contribution < 1.29 is 0 Å². The minimum atomic E-state index is 0.569. The topological polar surface area (TPSA) is 19.4 Å². The van der Waals surface area contributed by atoms with Crippen LogP contribution in [0.5, 0.6) is 0 Å². The predicted octanol–water partition coefficient (Wildman–Crippen LogP) is 2.80. The summed E-state index contributed by atoms with van der Waals surface area (Å²) in [6, 6.07) is 4.95. The highest BCUT2D eigenvalue weighted by Crippen LogP contribution is 2.25. The number of fused-ring (bicyclic) bond motifs is 1. The molecule has 1 aromatic heterocycles. The summed E-state index contributed by atoms with van der Waals surface area (Å²) in [4.78, 5) is 9.78. The first-order chi connectivity index (χ1) is 9.26. The molecule has 3 nitrogen and oxygen atoms in total. The number of halogens is 1. The summed E-state index contributed by atoms with van der Waals surface area (Å²) in [5.74, 6) is 1.68. The fourth-order valence-electron chi connectivity index (χ4n) is 3.32. The Kier molecular flexibility index (Phi) is 3.94. The predicted molar refractivity (Wildman–Crippen MR) is 80.0 cm³/mol. The molecule has 2 fully saturated rings. The van der Waals surface area contributed by atoms with Crippen molar-refractivity contribution in [3.8, 4) is 0 Å². The Hall–Kier alpha value is -0.800. The van der Waals surface area contributed by atoms with Crippen molar-refractivity contribution in [1.82, 2.24) is 9.88 Å². The summed E-state index contributed by atoms with van der Waals surface area (Å²) in [7, 11) is 0. The average molecular weight is 280 g/mol. The van der Waals surface area contributed by atoms with Crippen LogP contribution in [0.3, 0.4) is 0 Å². The smallest absolute Gasteiger partial charge is 0.129 e. The standard InChI is InChI=1S/C15H22ClN3/c1-12-8-13(10-16)9-15(17-12)19-7-6-18-5-3-2-4-14(18)11-19/h8-9,14H,2-7,10-11H2,1H3. The van der Waals surface area contributed by atoms with E-state index in [0.29, 0.717) is 5.88 Å². The molecule has 1 aromatic rings. The minimum Gasteiger partial charge on any atom is -0.354 e. The zero-order valence-corrected chi connectivity index (χ0v) is 12.4. The fourth-order valence-corrected chi connectivity index (χ4v) is 3.48. The van der Waals surface area contributed by atoms with Crippen LogP contribution in [0.4, 0.5) is 5.82 Å². The Balaban J connectivity index is 1.77. The van der Waals surface area contributed by atoms with E-state index in [0.717, 1.165) is 30.6 Å². The molecule has 2 saturated heterocycles. The van der Waals surface area contributed by atoms with E-state index < -0.39 is 0 Å². The zero-order valence-electron chi connectivity index (χ0n) is 11.6. The van der Waals surface area contributed by atoms with Crippen molar-refractivity contribution in [3.63, 3.8) is 0 Å². The number of aryl methyl sites for hydroxylation is 1. The highest BCUT2D eigenvalue weighted by atomic mass is 35.5. The van der Waals surface area contributed by atoms with Crippen LogP contribution in [0.25, 0.3) is 0 Å². The molecule has 1 atom stereocenters. The number of anilines is 1. The molecule has 4 heteroatoms. The van der Waals surface area contributed by atoms with E-state index in [2.05, 4.69) is 28.9 Å². The fraction of sp³-hybridized carbons (Fsp3) is 0.667. The lowest BCUT2D eigenvalue weighted by molar-refractivity contribution is 0.133. The van der Waals surface area contributed by atoms with Crippen LogP contribution in [0.2, 0.25) is 0 Å². The summed E-state index contributed by atoms with van der Waals surface area (Å²) in [6.07, 6.45) is 4.09. The van der Waals surface area contributed by atoms with Gasteiger partial charge in [0.25, 0.3) is 0 Å². The summed E-state index contributed by atoms with van der Waals surface area (Å²) >= 11 is 5.97. The van der Waals surface area contributed by atoms with Gasteiger partial charge in [0, 0.05) is 37.3 Å². The molecular weight excluding hydrogens is 258 g/mol. The van der Waals surface area contributed by atoms with Crippen molar-refractivity contribution in [1.29, 1.82) is 0 Å². The minimum absolute atomic E-state index is 0.569. The van der Waals surface area contributed by atoms with Gasteiger partial charge in [-0.15, -0.1) is 11.6 Å². The SMILES string of the molecule is Cc1cc(CCl)cc(N2CCN3CCCCC3C2)n1. The number of piperidine rings is 1. The maximum absolute atomic E-state index is 5.97. The maximum atomic E-state index is 5.97. The molecular formula is C15H22ClN3. The number of rotatable bonds is 2. The first kappa shape index (κ1) is 13.2. The average Bonchev–Trinajstić information content (AvgIpc) is 2.46. The zero-order chi connectivity index (χ0) is 13.2. The van der Waals surface area contributed by atoms with Gasteiger partial charge in [-0.3, -0.25) is 4.90 Å². The van der Waals surface area contributed by atoms with Gasteiger partial charge in [0.2, 0.25) is 0 Å². The lowest BCUT2D eigenvalue weighted by Crippen LogP contribution is -2.55. The normalized spacial score (nSPS) is 24.3. The van der Waals surface area contributed by atoms with Crippen LogP contribution in [0, 0.1) is 6.92 Å². The molecule has 0 radical (unpaired) electrons. The van der Waals surface area contributed by atoms with E-state index in [4.69, 9.17) is 16.6 Å². The second-order valence-corrected chi connectivity index (χ2v) is 6.01. The van der Waals surface area contributed by atoms with Crippen LogP contribution in [-0.2, 0) is 5.88 Å². The van der Waals surface area contributed by atoms with E-state index in [1.54, 1.807) is 0 Å². The lowest BCUT2D eigenvalue weighted by atomic mass is 9.99. The highest BCUT2D eigenvalue weighted by Gasteiger charge is 2.29. The van der Waals surface area contributed by atoms with Gasteiger partial charge in [0.1, 0.15) is 5.82 Å². The van der Waals surface area contributed by atoms with E-state index in [1.165, 1.54) is 37.9 Å². The molecule has 19 heavy (non-hydrogen) atoms. The monoisotopic (exact) mass is 279 g/mol. The number of alkyl halides is 1. The van der Waals surface area contributed by atoms with Crippen LogP contribution < -0.4 is 4.90 Å².